The molecule has 0 spiro atoms. The van der Waals surface area contributed by atoms with Crippen LogP contribution in [0.5, 0.6) is 0 Å². The topological polar surface area (TPSA) is 276 Å². The number of aromatic nitrogens is 3. The number of rotatable bonds is 18. The Labute approximate surface area is 436 Å². The molecule has 420 valence electrons. The number of aliphatic hydroxyl groups excluding tert-OH is 3. The quantitative estimate of drug-likeness (QED) is 0.0618. The van der Waals surface area contributed by atoms with Gasteiger partial charge in [0.25, 0.3) is 5.69 Å². The smallest absolute Gasteiger partial charge is 0.311 e. The number of benzene rings is 1. The molecule has 1 aromatic carbocycles. The molecule has 2 aromatic rings. The van der Waals surface area contributed by atoms with Crippen molar-refractivity contribution in [2.45, 2.75) is 199 Å². The molecule has 3 aliphatic rings. The lowest BCUT2D eigenvalue weighted by atomic mass is 9.73. The van der Waals surface area contributed by atoms with Gasteiger partial charge in [-0.25, -0.2) is 0 Å². The molecular formula is C52H87N7O15. The normalized spacial score (nSPS) is 38.5. The first-order chi connectivity index (χ1) is 34.6. The lowest BCUT2D eigenvalue weighted by Crippen LogP contribution is -2.61. The highest BCUT2D eigenvalue weighted by Gasteiger charge is 2.53. The van der Waals surface area contributed by atoms with Gasteiger partial charge in [-0.3, -0.25) is 19.6 Å². The number of cyclic esters (lactones) is 1. The van der Waals surface area contributed by atoms with Crippen LogP contribution in [-0.4, -0.2) is 199 Å². The van der Waals surface area contributed by atoms with Gasteiger partial charge in [-0.2, -0.15) is 0 Å². The van der Waals surface area contributed by atoms with E-state index in [1.807, 2.05) is 51.0 Å². The number of carbonyl (C=O) groups excluding carboxylic acids is 1. The number of oxime groups is 1. The number of carbonyl (C=O) groups is 1. The second-order valence-corrected chi connectivity index (χ2v) is 22.1. The van der Waals surface area contributed by atoms with Crippen molar-refractivity contribution in [3.63, 3.8) is 0 Å². The van der Waals surface area contributed by atoms with Gasteiger partial charge in [-0.05, 0) is 93.9 Å². The van der Waals surface area contributed by atoms with Crippen molar-refractivity contribution in [1.82, 2.24) is 24.8 Å². The summed E-state index contributed by atoms with van der Waals surface area (Å²) in [5, 5.41) is 84.9. The van der Waals surface area contributed by atoms with Crippen molar-refractivity contribution in [2.24, 2.45) is 28.8 Å². The standard InChI is InChI=1S/C52H87N7O15/c1-15-40-52(10,65)45(61)32(4)42(54-69-25-24-56(11)12)30(2)27-50(8,64)47(33(5)44(34(6)48(63)72-40)73-41-28-51(9,68-14)46(62)35(7)71-41)74-49-43(60)39(26-31(3)70-49)57(13)22-21-37-29-58(55-53-37)23-20-36-16-18-38(19-17-36)59(66)67/h16-19,29-35,39-41,43-47,49,60-62,64-65H,15,20-28H2,1-14H3/b54-42+/t30-,31-,32+,33+,34-,35+,39+,40-,41?,43-,44+,45-,46+,47-,49?,50-,51-,52-/m1/s1. The molecule has 0 aliphatic carbocycles. The Morgan fingerprint density at radius 2 is 1.61 bits per heavy atom. The van der Waals surface area contributed by atoms with Gasteiger partial charge in [-0.1, -0.05) is 50.2 Å². The zero-order valence-corrected chi connectivity index (χ0v) is 46.1. The lowest BCUT2D eigenvalue weighted by Gasteiger charge is -2.49. The highest BCUT2D eigenvalue weighted by molar-refractivity contribution is 5.88. The Balaban J connectivity index is 1.48. The van der Waals surface area contributed by atoms with Crippen LogP contribution in [-0.2, 0) is 57.4 Å². The van der Waals surface area contributed by atoms with Gasteiger partial charge in [0.05, 0.1) is 64.0 Å². The van der Waals surface area contributed by atoms with Gasteiger partial charge in [0.15, 0.2) is 12.6 Å². The second-order valence-electron chi connectivity index (χ2n) is 22.1. The van der Waals surface area contributed by atoms with Crippen molar-refractivity contribution < 1.29 is 68.5 Å². The van der Waals surface area contributed by atoms with Crippen molar-refractivity contribution in [2.75, 3.05) is 47.9 Å². The number of aryl methyl sites for hydroxylation is 2. The molecule has 5 N–H and O–H groups in total. The number of methoxy groups -OCH3 is 1. The molecule has 5 rings (SSSR count). The summed E-state index contributed by atoms with van der Waals surface area (Å²) in [5.74, 6) is -4.24. The fraction of sp³-hybridized carbons (Fsp3) is 0.808. The monoisotopic (exact) mass is 1050 g/mol. The number of nitro benzene ring substituents is 1. The fourth-order valence-corrected chi connectivity index (χ4v) is 10.9. The first-order valence-electron chi connectivity index (χ1n) is 26.2. The molecule has 0 saturated carbocycles. The molecule has 0 radical (unpaired) electrons. The van der Waals surface area contributed by atoms with Crippen molar-refractivity contribution in [3.05, 3.63) is 51.8 Å². The van der Waals surface area contributed by atoms with Crippen LogP contribution in [0.4, 0.5) is 5.69 Å². The van der Waals surface area contributed by atoms with Crippen molar-refractivity contribution in [3.8, 4) is 0 Å². The van der Waals surface area contributed by atoms with E-state index in [0.29, 0.717) is 44.6 Å². The Hall–Kier alpha value is -3.78. The number of nitro groups is 1. The first-order valence-corrected chi connectivity index (χ1v) is 26.2. The Bertz CT molecular complexity index is 2130. The maximum atomic E-state index is 14.6. The maximum Gasteiger partial charge on any atom is 0.311 e. The molecule has 22 nitrogen and oxygen atoms in total. The molecule has 22 heteroatoms. The van der Waals surface area contributed by atoms with Gasteiger partial charge in [0.1, 0.15) is 30.5 Å². The lowest BCUT2D eigenvalue weighted by molar-refractivity contribution is -0.384. The van der Waals surface area contributed by atoms with Crippen LogP contribution in [0.2, 0.25) is 0 Å². The second kappa shape index (κ2) is 26.0. The number of likely N-dealkylation sites (N-methyl/N-ethyl adjacent to an activating group) is 2. The van der Waals surface area contributed by atoms with E-state index in [2.05, 4.69) is 15.5 Å². The summed E-state index contributed by atoms with van der Waals surface area (Å²) in [6.45, 7) is 18.8. The average molecular weight is 1050 g/mol. The third-order valence-electron chi connectivity index (χ3n) is 15.6. The average Bonchev–Trinajstić information content (AvgIpc) is 3.81. The van der Waals surface area contributed by atoms with E-state index in [9.17, 15) is 40.4 Å². The molecule has 74 heavy (non-hydrogen) atoms. The number of ether oxygens (including phenoxy) is 6. The van der Waals surface area contributed by atoms with E-state index >= 15 is 0 Å². The number of aliphatic hydroxyl groups is 5. The van der Waals surface area contributed by atoms with Crippen LogP contribution >= 0.6 is 0 Å². The third-order valence-corrected chi connectivity index (χ3v) is 15.6. The van der Waals surface area contributed by atoms with Gasteiger partial charge < -0.3 is 68.6 Å². The summed E-state index contributed by atoms with van der Waals surface area (Å²) >= 11 is 0. The van der Waals surface area contributed by atoms with Crippen LogP contribution in [0.1, 0.15) is 106 Å². The van der Waals surface area contributed by atoms with E-state index in [1.165, 1.54) is 26.2 Å². The Morgan fingerprint density at radius 1 is 0.932 bits per heavy atom. The molecule has 3 fully saturated rings. The number of hydrogen-bond donors (Lipinski definition) is 5. The fourth-order valence-electron chi connectivity index (χ4n) is 10.9. The van der Waals surface area contributed by atoms with Gasteiger partial charge in [-0.15, -0.1) is 5.10 Å². The molecule has 2 unspecified atom stereocenters. The van der Waals surface area contributed by atoms with Crippen LogP contribution in [0, 0.1) is 33.8 Å². The molecule has 1 aromatic heterocycles. The van der Waals surface area contributed by atoms with E-state index in [0.717, 1.165) is 11.3 Å². The summed E-state index contributed by atoms with van der Waals surface area (Å²) in [4.78, 5) is 35.0. The molecule has 18 atom stereocenters. The maximum absolute atomic E-state index is 14.6. The molecule has 4 heterocycles. The summed E-state index contributed by atoms with van der Waals surface area (Å²) in [6, 6.07) is 5.93. The first kappa shape index (κ1) is 61.1. The van der Waals surface area contributed by atoms with Crippen molar-refractivity contribution >= 4 is 17.4 Å². The Morgan fingerprint density at radius 3 is 2.23 bits per heavy atom. The van der Waals surface area contributed by atoms with Gasteiger partial charge in [0.2, 0.25) is 0 Å². The predicted molar refractivity (Wildman–Crippen MR) is 273 cm³/mol. The van der Waals surface area contributed by atoms with Crippen LogP contribution in [0.3, 0.4) is 0 Å². The zero-order chi connectivity index (χ0) is 55.0. The molecule has 0 bridgehead atoms. The van der Waals surface area contributed by atoms with E-state index in [-0.39, 0.29) is 31.6 Å². The molecule has 3 aliphatic heterocycles. The van der Waals surface area contributed by atoms with Crippen LogP contribution in [0.15, 0.2) is 35.6 Å². The third kappa shape index (κ3) is 15.0. The van der Waals surface area contributed by atoms with E-state index in [4.69, 9.17) is 33.3 Å². The summed E-state index contributed by atoms with van der Waals surface area (Å²) < 4.78 is 40.1. The molecule has 0 amide bonds. The predicted octanol–water partition coefficient (Wildman–Crippen LogP) is 3.51. The van der Waals surface area contributed by atoms with Gasteiger partial charge in [0, 0.05) is 81.7 Å². The van der Waals surface area contributed by atoms with Crippen LogP contribution in [0.25, 0.3) is 0 Å². The number of non-ortho nitro benzene ring substituents is 1. The minimum atomic E-state index is -1.97. The van der Waals surface area contributed by atoms with E-state index < -0.39 is 119 Å². The number of esters is 1. The minimum absolute atomic E-state index is 0.0298. The summed E-state index contributed by atoms with van der Waals surface area (Å²) in [5.41, 5.74) is -2.85. The SMILES string of the molecule is CC[C@H]1OC(=O)[C@H](C)[C@@H](OC2C[C@@](C)(OC)[C@@H](O)[C@H](C)O2)[C@H](C)[C@@H](OC2O[C@H](C)C[C@H](N(C)CCc3cn(CCc4ccc([N+](=O)[O-])cc4)nn3)[C@H]2O)[C@](C)(O)C[C@@H](C)/C(=N\OCCN(C)C)[C@H](C)[C@@H](O)[C@]1(C)O. The molecular weight excluding hydrogens is 963 g/mol. The number of hydrogen-bond acceptors (Lipinski definition) is 20. The Kier molecular flexibility index (Phi) is 21.5. The van der Waals surface area contributed by atoms with Crippen molar-refractivity contribution in [1.29, 1.82) is 0 Å². The number of nitrogens with zero attached hydrogens (tertiary/aromatic N) is 7. The highest BCUT2D eigenvalue weighted by Crippen LogP contribution is 2.41. The summed E-state index contributed by atoms with van der Waals surface area (Å²) in [6.07, 6.45) is -7.22. The minimum Gasteiger partial charge on any atom is -0.459 e. The highest BCUT2D eigenvalue weighted by atomic mass is 16.7. The van der Waals surface area contributed by atoms with Crippen LogP contribution < -0.4 is 0 Å². The summed E-state index contributed by atoms with van der Waals surface area (Å²) in [7, 11) is 7.18. The zero-order valence-electron chi connectivity index (χ0n) is 46.1. The largest absolute Gasteiger partial charge is 0.459 e. The van der Waals surface area contributed by atoms with E-state index in [1.54, 1.807) is 65.3 Å². The molecule has 3 saturated heterocycles. The van der Waals surface area contributed by atoms with Gasteiger partial charge >= 0.3 is 5.97 Å².